The van der Waals surface area contributed by atoms with E-state index in [-0.39, 0.29) is 5.91 Å². The first-order valence-corrected chi connectivity index (χ1v) is 6.11. The zero-order chi connectivity index (χ0) is 12.5. The van der Waals surface area contributed by atoms with Crippen LogP contribution < -0.4 is 5.43 Å². The summed E-state index contributed by atoms with van der Waals surface area (Å²) in [6.45, 7) is 4.15. The van der Waals surface area contributed by atoms with E-state index in [4.69, 9.17) is 0 Å². The fraction of sp³-hybridized carbons (Fsp3) is 0.429. The third-order valence-corrected chi connectivity index (χ3v) is 2.45. The topological polar surface area (TPSA) is 41.5 Å². The highest BCUT2D eigenvalue weighted by Crippen LogP contribution is 2.01. The van der Waals surface area contributed by atoms with Crippen LogP contribution in [0.5, 0.6) is 0 Å². The largest absolute Gasteiger partial charge is 0.273 e. The Kier molecular flexibility index (Phi) is 6.00. The molecule has 0 bridgehead atoms. The van der Waals surface area contributed by atoms with E-state index in [1.165, 1.54) is 5.56 Å². The first kappa shape index (κ1) is 13.4. The van der Waals surface area contributed by atoms with Crippen LogP contribution in [0.1, 0.15) is 43.7 Å². The van der Waals surface area contributed by atoms with Gasteiger partial charge in [0.2, 0.25) is 5.91 Å². The number of amides is 1. The summed E-state index contributed by atoms with van der Waals surface area (Å²) in [5.41, 5.74) is 4.72. The molecule has 92 valence electrons. The van der Waals surface area contributed by atoms with Crippen LogP contribution in [0.2, 0.25) is 0 Å². The molecule has 0 aliphatic rings. The average molecular weight is 232 g/mol. The fourth-order valence-electron chi connectivity index (χ4n) is 1.52. The maximum atomic E-state index is 11.4. The molecule has 0 heterocycles. The highest BCUT2D eigenvalue weighted by molar-refractivity contribution is 5.82. The summed E-state index contributed by atoms with van der Waals surface area (Å²) in [6.07, 6.45) is 5.38. The van der Waals surface area contributed by atoms with Crippen molar-refractivity contribution in [3.05, 3.63) is 35.4 Å². The molecule has 0 aromatic heterocycles. The van der Waals surface area contributed by atoms with E-state index in [1.54, 1.807) is 6.21 Å². The maximum absolute atomic E-state index is 11.4. The van der Waals surface area contributed by atoms with Crippen molar-refractivity contribution in [1.82, 2.24) is 5.43 Å². The first-order chi connectivity index (χ1) is 8.22. The molecule has 3 heteroatoms. The lowest BCUT2D eigenvalue weighted by Gasteiger charge is -1.99. The molecule has 0 aliphatic carbocycles. The van der Waals surface area contributed by atoms with Crippen LogP contribution in [0.4, 0.5) is 0 Å². The normalized spacial score (nSPS) is 10.7. The first-order valence-electron chi connectivity index (χ1n) is 6.11. The summed E-state index contributed by atoms with van der Waals surface area (Å²) >= 11 is 0. The Hall–Kier alpha value is -1.64. The molecule has 1 aromatic rings. The van der Waals surface area contributed by atoms with Crippen molar-refractivity contribution in [1.29, 1.82) is 0 Å². The van der Waals surface area contributed by atoms with Gasteiger partial charge < -0.3 is 0 Å². The summed E-state index contributed by atoms with van der Waals surface area (Å²) in [6, 6.07) is 7.98. The summed E-state index contributed by atoms with van der Waals surface area (Å²) in [4.78, 5) is 11.4. The number of benzene rings is 1. The minimum atomic E-state index is -0.0117. The van der Waals surface area contributed by atoms with Gasteiger partial charge >= 0.3 is 0 Å². The zero-order valence-corrected chi connectivity index (χ0v) is 10.6. The number of carbonyl (C=O) groups excluding carboxylic acids is 1. The molecule has 0 aliphatic heterocycles. The number of hydrogen-bond acceptors (Lipinski definition) is 2. The number of hydrogen-bond donors (Lipinski definition) is 1. The Balaban J connectivity index is 2.32. The van der Waals surface area contributed by atoms with Gasteiger partial charge in [0.05, 0.1) is 6.21 Å². The van der Waals surface area contributed by atoms with Crippen LogP contribution in [-0.2, 0) is 4.79 Å². The van der Waals surface area contributed by atoms with E-state index in [1.807, 2.05) is 31.2 Å². The molecule has 0 unspecified atom stereocenters. The lowest BCUT2D eigenvalue weighted by Crippen LogP contribution is -2.16. The van der Waals surface area contributed by atoms with Crippen molar-refractivity contribution in [3.63, 3.8) is 0 Å². The maximum Gasteiger partial charge on any atom is 0.240 e. The van der Waals surface area contributed by atoms with E-state index < -0.39 is 0 Å². The second kappa shape index (κ2) is 7.60. The van der Waals surface area contributed by atoms with E-state index >= 15 is 0 Å². The van der Waals surface area contributed by atoms with Crippen LogP contribution >= 0.6 is 0 Å². The van der Waals surface area contributed by atoms with E-state index in [0.717, 1.165) is 24.8 Å². The van der Waals surface area contributed by atoms with E-state index in [9.17, 15) is 4.79 Å². The molecule has 0 atom stereocenters. The molecule has 1 amide bonds. The number of carbonyl (C=O) groups is 1. The molecule has 3 nitrogen and oxygen atoms in total. The smallest absolute Gasteiger partial charge is 0.240 e. The van der Waals surface area contributed by atoms with Crippen LogP contribution in [0.15, 0.2) is 29.4 Å². The van der Waals surface area contributed by atoms with Crippen LogP contribution in [0, 0.1) is 6.92 Å². The minimum Gasteiger partial charge on any atom is -0.273 e. The molecular weight excluding hydrogens is 212 g/mol. The van der Waals surface area contributed by atoms with Crippen molar-refractivity contribution >= 4 is 12.1 Å². The van der Waals surface area contributed by atoms with Gasteiger partial charge in [-0.1, -0.05) is 49.6 Å². The van der Waals surface area contributed by atoms with Crippen molar-refractivity contribution in [3.8, 4) is 0 Å². The van der Waals surface area contributed by atoms with Gasteiger partial charge in [0.15, 0.2) is 0 Å². The molecule has 0 radical (unpaired) electrons. The van der Waals surface area contributed by atoms with Crippen molar-refractivity contribution in [2.24, 2.45) is 5.10 Å². The minimum absolute atomic E-state index is 0.0117. The Morgan fingerprint density at radius 3 is 2.94 bits per heavy atom. The van der Waals surface area contributed by atoms with E-state index in [2.05, 4.69) is 17.5 Å². The molecule has 0 saturated heterocycles. The van der Waals surface area contributed by atoms with Crippen LogP contribution in [0.25, 0.3) is 0 Å². The highest BCUT2D eigenvalue weighted by Gasteiger charge is 1.97. The highest BCUT2D eigenvalue weighted by atomic mass is 16.2. The van der Waals surface area contributed by atoms with Crippen LogP contribution in [-0.4, -0.2) is 12.1 Å². The van der Waals surface area contributed by atoms with Gasteiger partial charge in [-0.25, -0.2) is 5.43 Å². The van der Waals surface area contributed by atoms with Gasteiger partial charge in [0, 0.05) is 6.42 Å². The van der Waals surface area contributed by atoms with Crippen LogP contribution in [0.3, 0.4) is 0 Å². The molecule has 1 N–H and O–H groups in total. The lowest BCUT2D eigenvalue weighted by molar-refractivity contribution is -0.121. The molecule has 0 saturated carbocycles. The Labute approximate surface area is 103 Å². The third kappa shape index (κ3) is 5.85. The van der Waals surface area contributed by atoms with E-state index in [0.29, 0.717) is 6.42 Å². The van der Waals surface area contributed by atoms with Crippen molar-refractivity contribution in [2.75, 3.05) is 0 Å². The molecule has 0 fully saturated rings. The lowest BCUT2D eigenvalue weighted by atomic mass is 10.2. The Bertz CT molecular complexity index is 386. The molecule has 17 heavy (non-hydrogen) atoms. The number of aryl methyl sites for hydroxylation is 1. The van der Waals surface area contributed by atoms with Gasteiger partial charge in [0.1, 0.15) is 0 Å². The molecule has 1 rings (SSSR count). The van der Waals surface area contributed by atoms with Gasteiger partial charge in [0.25, 0.3) is 0 Å². The summed E-state index contributed by atoms with van der Waals surface area (Å²) in [7, 11) is 0. The number of nitrogens with one attached hydrogen (secondary N) is 1. The molecular formula is C14H20N2O. The molecule has 0 spiro atoms. The summed E-state index contributed by atoms with van der Waals surface area (Å²) in [5.74, 6) is -0.0117. The second-order valence-electron chi connectivity index (χ2n) is 4.16. The fourth-order valence-corrected chi connectivity index (χ4v) is 1.52. The summed E-state index contributed by atoms with van der Waals surface area (Å²) < 4.78 is 0. The molecule has 1 aromatic carbocycles. The third-order valence-electron chi connectivity index (χ3n) is 2.45. The predicted octanol–water partition coefficient (Wildman–Crippen LogP) is 3.03. The SMILES string of the molecule is CCCCCC(=O)NN=Cc1cccc(C)c1. The number of unbranched alkanes of at least 4 members (excludes halogenated alkanes) is 2. The summed E-state index contributed by atoms with van der Waals surface area (Å²) in [5, 5.41) is 3.94. The number of hydrazone groups is 1. The quantitative estimate of drug-likeness (QED) is 0.457. The second-order valence-corrected chi connectivity index (χ2v) is 4.16. The Morgan fingerprint density at radius 2 is 2.24 bits per heavy atom. The van der Waals surface area contributed by atoms with Gasteiger partial charge in [-0.15, -0.1) is 0 Å². The monoisotopic (exact) mass is 232 g/mol. The Morgan fingerprint density at radius 1 is 1.41 bits per heavy atom. The predicted molar refractivity (Wildman–Crippen MR) is 71.1 cm³/mol. The van der Waals surface area contributed by atoms with Gasteiger partial charge in [-0.2, -0.15) is 5.10 Å². The average Bonchev–Trinajstić information content (AvgIpc) is 2.29. The van der Waals surface area contributed by atoms with Crippen molar-refractivity contribution in [2.45, 2.75) is 39.5 Å². The number of rotatable bonds is 6. The standard InChI is InChI=1S/C14H20N2O/c1-3-4-5-9-14(17)16-15-11-13-8-6-7-12(2)10-13/h6-8,10-11H,3-5,9H2,1-2H3,(H,16,17). The van der Waals surface area contributed by atoms with Gasteiger partial charge in [-0.05, 0) is 18.9 Å². The number of nitrogens with zero attached hydrogens (tertiary/aromatic N) is 1. The van der Waals surface area contributed by atoms with Gasteiger partial charge in [-0.3, -0.25) is 4.79 Å². The van der Waals surface area contributed by atoms with Crippen molar-refractivity contribution < 1.29 is 4.79 Å². The zero-order valence-electron chi connectivity index (χ0n) is 10.6.